The van der Waals surface area contributed by atoms with Crippen molar-refractivity contribution in [1.82, 2.24) is 10.9 Å². The molecule has 0 saturated heterocycles. The van der Waals surface area contributed by atoms with Crippen LogP contribution in [0, 0.1) is 11.6 Å². The molecule has 6 nitrogen and oxygen atoms in total. The minimum absolute atomic E-state index is 0.0930. The minimum Gasteiger partial charge on any atom is -0.273 e. The highest BCUT2D eigenvalue weighted by atomic mass is 35.5. The lowest BCUT2D eigenvalue weighted by molar-refractivity contribution is -0.121. The Balaban J connectivity index is 1.61. The van der Waals surface area contributed by atoms with Crippen LogP contribution in [0.3, 0.4) is 0 Å². The predicted molar refractivity (Wildman–Crippen MR) is 117 cm³/mol. The molecular weight excluding hydrogens is 449 g/mol. The number of amides is 2. The summed E-state index contributed by atoms with van der Waals surface area (Å²) in [5.41, 5.74) is 4.79. The van der Waals surface area contributed by atoms with Gasteiger partial charge in [-0.1, -0.05) is 41.8 Å². The Hall–Kier alpha value is -2.84. The van der Waals surface area contributed by atoms with Crippen molar-refractivity contribution in [1.29, 1.82) is 0 Å². The van der Waals surface area contributed by atoms with Crippen LogP contribution in [-0.4, -0.2) is 24.2 Å². The molecule has 0 aliphatic carbocycles. The third-order valence-corrected chi connectivity index (χ3v) is 4.73. The number of hydrogen-bond acceptors (Lipinski definition) is 4. The Labute approximate surface area is 188 Å². The summed E-state index contributed by atoms with van der Waals surface area (Å²) >= 11 is 11.7. The average Bonchev–Trinajstić information content (AvgIpc) is 2.72. The van der Waals surface area contributed by atoms with Crippen LogP contribution in [0.1, 0.15) is 43.2 Å². The monoisotopic (exact) mass is 468 g/mol. The van der Waals surface area contributed by atoms with Gasteiger partial charge in [0.1, 0.15) is 11.6 Å². The van der Waals surface area contributed by atoms with Crippen molar-refractivity contribution in [2.24, 2.45) is 10.2 Å². The molecule has 0 aromatic heterocycles. The summed E-state index contributed by atoms with van der Waals surface area (Å²) in [4.78, 5) is 23.5. The van der Waals surface area contributed by atoms with Crippen LogP contribution < -0.4 is 10.9 Å². The topological polar surface area (TPSA) is 82.9 Å². The number of nitrogens with zero attached hydrogens (tertiary/aromatic N) is 2. The summed E-state index contributed by atoms with van der Waals surface area (Å²) in [6, 6.07) is 8.46. The highest BCUT2D eigenvalue weighted by Gasteiger charge is 2.06. The van der Waals surface area contributed by atoms with Gasteiger partial charge in [0.25, 0.3) is 0 Å². The number of halogens is 4. The number of carbonyl (C=O) groups is 2. The standard InChI is InChI=1S/C21H20Cl2F2N4O2/c22-16-6-4-8-18(24)14(16)12-26-28-20(30)10-2-1-3-11-21(31)29-27-13-15-17(23)7-5-9-19(15)25/h4-9,12-13H,1-3,10-11H2,(H,28,30)(H,29,31)/b26-12+,27-13+. The average molecular weight is 469 g/mol. The van der Waals surface area contributed by atoms with E-state index in [1.807, 2.05) is 0 Å². The Morgan fingerprint density at radius 2 is 1.19 bits per heavy atom. The van der Waals surface area contributed by atoms with E-state index in [0.29, 0.717) is 19.3 Å². The smallest absolute Gasteiger partial charge is 0.240 e. The van der Waals surface area contributed by atoms with Gasteiger partial charge in [-0.3, -0.25) is 9.59 Å². The first-order valence-electron chi connectivity index (χ1n) is 9.40. The first-order valence-corrected chi connectivity index (χ1v) is 10.2. The Morgan fingerprint density at radius 1 is 0.774 bits per heavy atom. The first-order chi connectivity index (χ1) is 14.9. The number of carbonyl (C=O) groups excluding carboxylic acids is 2. The maximum atomic E-state index is 13.6. The summed E-state index contributed by atoms with van der Waals surface area (Å²) in [6.45, 7) is 0. The molecule has 10 heteroatoms. The van der Waals surface area contributed by atoms with Gasteiger partial charge in [-0.2, -0.15) is 10.2 Å². The predicted octanol–water partition coefficient (Wildman–Crippen LogP) is 4.82. The molecule has 0 saturated carbocycles. The summed E-state index contributed by atoms with van der Waals surface area (Å²) in [5, 5.41) is 7.78. The Bertz CT molecular complexity index is 866. The normalized spacial score (nSPS) is 11.2. The maximum absolute atomic E-state index is 13.6. The molecule has 164 valence electrons. The van der Waals surface area contributed by atoms with Gasteiger partial charge in [0.2, 0.25) is 11.8 Å². The van der Waals surface area contributed by atoms with Crippen molar-refractivity contribution in [2.75, 3.05) is 0 Å². The van der Waals surface area contributed by atoms with E-state index in [1.165, 1.54) is 36.4 Å². The van der Waals surface area contributed by atoms with Gasteiger partial charge in [0.15, 0.2) is 0 Å². The number of hydrazone groups is 2. The fraction of sp³-hybridized carbons (Fsp3) is 0.238. The van der Waals surface area contributed by atoms with Gasteiger partial charge in [-0.25, -0.2) is 19.6 Å². The zero-order chi connectivity index (χ0) is 22.6. The molecule has 2 N–H and O–H groups in total. The molecule has 0 aliphatic rings. The number of benzene rings is 2. The van der Waals surface area contributed by atoms with Crippen LogP contribution in [0.15, 0.2) is 46.6 Å². The molecule has 2 amide bonds. The summed E-state index contributed by atoms with van der Waals surface area (Å²) in [5.74, 6) is -1.74. The van der Waals surface area contributed by atoms with Crippen molar-refractivity contribution in [3.05, 3.63) is 69.2 Å². The van der Waals surface area contributed by atoms with Crippen molar-refractivity contribution in [2.45, 2.75) is 32.1 Å². The number of rotatable bonds is 10. The van der Waals surface area contributed by atoms with Gasteiger partial charge in [0, 0.05) is 24.0 Å². The van der Waals surface area contributed by atoms with Gasteiger partial charge >= 0.3 is 0 Å². The highest BCUT2D eigenvalue weighted by Crippen LogP contribution is 2.17. The minimum atomic E-state index is -0.537. The van der Waals surface area contributed by atoms with Crippen molar-refractivity contribution in [3.8, 4) is 0 Å². The molecule has 0 heterocycles. The second-order valence-electron chi connectivity index (χ2n) is 6.42. The lowest BCUT2D eigenvalue weighted by Gasteiger charge is -2.02. The third-order valence-electron chi connectivity index (χ3n) is 4.07. The van der Waals surface area contributed by atoms with E-state index >= 15 is 0 Å². The SMILES string of the molecule is O=C(CCCCCC(=O)N/N=C/c1c(F)cccc1Cl)N/N=C/c1c(F)cccc1Cl. The molecule has 0 atom stereocenters. The highest BCUT2D eigenvalue weighted by molar-refractivity contribution is 6.33. The molecule has 0 fully saturated rings. The van der Waals surface area contributed by atoms with E-state index in [0.717, 1.165) is 12.4 Å². The molecule has 0 aliphatic heterocycles. The van der Waals surface area contributed by atoms with Gasteiger partial charge in [-0.05, 0) is 37.1 Å². The molecular formula is C21H20Cl2F2N4O2. The van der Waals surface area contributed by atoms with E-state index in [1.54, 1.807) is 0 Å². The Morgan fingerprint density at radius 3 is 1.58 bits per heavy atom. The van der Waals surface area contributed by atoms with Crippen LogP contribution in [0.2, 0.25) is 10.0 Å². The van der Waals surface area contributed by atoms with Crippen LogP contribution in [0.5, 0.6) is 0 Å². The van der Waals surface area contributed by atoms with Crippen molar-refractivity contribution >= 4 is 47.4 Å². The van der Waals surface area contributed by atoms with E-state index < -0.39 is 11.6 Å². The molecule has 0 unspecified atom stereocenters. The molecule has 2 rings (SSSR count). The number of unbranched alkanes of at least 4 members (excludes halogenated alkanes) is 2. The molecule has 0 radical (unpaired) electrons. The van der Waals surface area contributed by atoms with Crippen LogP contribution in [-0.2, 0) is 9.59 Å². The summed E-state index contributed by atoms with van der Waals surface area (Å²) < 4.78 is 27.1. The lowest BCUT2D eigenvalue weighted by atomic mass is 10.1. The first kappa shape index (κ1) is 24.4. The van der Waals surface area contributed by atoms with Crippen molar-refractivity contribution < 1.29 is 18.4 Å². The molecule has 2 aromatic carbocycles. The number of nitrogens with one attached hydrogen (secondary N) is 2. The molecule has 0 spiro atoms. The second kappa shape index (κ2) is 12.8. The zero-order valence-corrected chi connectivity index (χ0v) is 17.9. The molecule has 2 aromatic rings. The van der Waals surface area contributed by atoms with Crippen LogP contribution >= 0.6 is 23.2 Å². The fourth-order valence-electron chi connectivity index (χ4n) is 2.47. The van der Waals surface area contributed by atoms with E-state index in [9.17, 15) is 18.4 Å². The van der Waals surface area contributed by atoms with E-state index in [-0.39, 0.29) is 45.8 Å². The van der Waals surface area contributed by atoms with Crippen molar-refractivity contribution in [3.63, 3.8) is 0 Å². The van der Waals surface area contributed by atoms with E-state index in [4.69, 9.17) is 23.2 Å². The van der Waals surface area contributed by atoms with E-state index in [2.05, 4.69) is 21.1 Å². The fourth-order valence-corrected chi connectivity index (χ4v) is 2.89. The third kappa shape index (κ3) is 8.43. The van der Waals surface area contributed by atoms with Gasteiger partial charge in [-0.15, -0.1) is 0 Å². The summed E-state index contributed by atoms with van der Waals surface area (Å²) in [6.07, 6.45) is 4.42. The number of hydrogen-bond donors (Lipinski definition) is 2. The van der Waals surface area contributed by atoms with Crippen LogP contribution in [0.25, 0.3) is 0 Å². The van der Waals surface area contributed by atoms with Gasteiger partial charge < -0.3 is 0 Å². The summed E-state index contributed by atoms with van der Waals surface area (Å²) in [7, 11) is 0. The molecule has 31 heavy (non-hydrogen) atoms. The largest absolute Gasteiger partial charge is 0.273 e. The lowest BCUT2D eigenvalue weighted by Crippen LogP contribution is -2.18. The van der Waals surface area contributed by atoms with Gasteiger partial charge in [0.05, 0.1) is 22.5 Å². The quantitative estimate of drug-likeness (QED) is 0.297. The Kier molecular flexibility index (Phi) is 10.1. The maximum Gasteiger partial charge on any atom is 0.240 e. The van der Waals surface area contributed by atoms with Crippen LogP contribution in [0.4, 0.5) is 8.78 Å². The second-order valence-corrected chi connectivity index (χ2v) is 7.23. The zero-order valence-electron chi connectivity index (χ0n) is 16.4. The molecule has 0 bridgehead atoms.